The molecular weight excluding hydrogens is 406 g/mol. The van der Waals surface area contributed by atoms with E-state index in [1.807, 2.05) is 0 Å². The van der Waals surface area contributed by atoms with Crippen LogP contribution in [0.1, 0.15) is 34.6 Å². The van der Waals surface area contributed by atoms with Gasteiger partial charge in [0.15, 0.2) is 0 Å². The summed E-state index contributed by atoms with van der Waals surface area (Å²) in [4.78, 5) is 0. The summed E-state index contributed by atoms with van der Waals surface area (Å²) in [6.45, 7) is 3.78. The monoisotopic (exact) mass is 424 g/mol. The van der Waals surface area contributed by atoms with E-state index in [-0.39, 0.29) is 0 Å². The summed E-state index contributed by atoms with van der Waals surface area (Å²) in [6.07, 6.45) is -24.8. The van der Waals surface area contributed by atoms with Crippen LogP contribution in [0.25, 0.3) is 0 Å². The summed E-state index contributed by atoms with van der Waals surface area (Å²) >= 11 is 0. The molecule has 3 unspecified atom stereocenters. The lowest BCUT2D eigenvalue weighted by atomic mass is 9.76. The van der Waals surface area contributed by atoms with E-state index in [0.29, 0.717) is 13.8 Å². The van der Waals surface area contributed by atoms with E-state index < -0.39 is 53.9 Å². The molecule has 0 aromatic heterocycles. The quantitative estimate of drug-likeness (QED) is 0.574. The topological polar surface area (TPSA) is 27.7 Å². The van der Waals surface area contributed by atoms with Crippen molar-refractivity contribution in [2.45, 2.75) is 83.1 Å². The Labute approximate surface area is 147 Å². The smallest absolute Gasteiger partial charge is 0.329 e. The molecule has 1 aliphatic rings. The van der Waals surface area contributed by atoms with Gasteiger partial charge >= 0.3 is 24.5 Å². The predicted molar refractivity (Wildman–Crippen MR) is 70.2 cm³/mol. The fourth-order valence-electron chi connectivity index (χ4n) is 2.57. The van der Waals surface area contributed by atoms with Gasteiger partial charge in [-0.2, -0.15) is 26.3 Å². The lowest BCUT2D eigenvalue weighted by Crippen LogP contribution is -2.59. The van der Waals surface area contributed by atoms with E-state index in [9.17, 15) is 43.9 Å². The van der Waals surface area contributed by atoms with Crippen LogP contribution in [-0.4, -0.2) is 48.5 Å². The zero-order valence-electron chi connectivity index (χ0n) is 14.7. The number of hydrogen-bond donors (Lipinski definition) is 0. The average molecular weight is 424 g/mol. The molecule has 1 saturated heterocycles. The molecule has 13 heteroatoms. The van der Waals surface area contributed by atoms with Crippen molar-refractivity contribution in [3.05, 3.63) is 0 Å². The van der Waals surface area contributed by atoms with Crippen molar-refractivity contribution in [2.24, 2.45) is 5.41 Å². The minimum absolute atomic E-state index is 0.573. The lowest BCUT2D eigenvalue weighted by molar-refractivity contribution is -0.452. The number of ether oxygens (including phenoxy) is 3. The Morgan fingerprint density at radius 3 is 1.44 bits per heavy atom. The second-order valence-electron chi connectivity index (χ2n) is 7.28. The van der Waals surface area contributed by atoms with E-state index in [2.05, 4.69) is 14.2 Å². The number of halogens is 10. The molecule has 1 heterocycles. The van der Waals surface area contributed by atoms with E-state index in [0.717, 1.165) is 20.8 Å². The summed E-state index contributed by atoms with van der Waals surface area (Å²) < 4.78 is 143. The third kappa shape index (κ3) is 4.44. The van der Waals surface area contributed by atoms with E-state index >= 15 is 0 Å². The number of hydrogen-bond acceptors (Lipinski definition) is 3. The van der Waals surface area contributed by atoms with E-state index in [4.69, 9.17) is 0 Å². The molecule has 0 N–H and O–H groups in total. The molecule has 0 aromatic carbocycles. The van der Waals surface area contributed by atoms with Crippen molar-refractivity contribution in [3.8, 4) is 0 Å². The third-order valence-electron chi connectivity index (χ3n) is 4.43. The van der Waals surface area contributed by atoms with Gasteiger partial charge in [0.1, 0.15) is 17.9 Å². The molecule has 3 nitrogen and oxygen atoms in total. The van der Waals surface area contributed by atoms with Gasteiger partial charge in [0.2, 0.25) is 0 Å². The molecule has 0 amide bonds. The molecule has 162 valence electrons. The first-order valence-electron chi connectivity index (χ1n) is 7.48. The highest BCUT2D eigenvalue weighted by molar-refractivity contribution is 5.06. The summed E-state index contributed by atoms with van der Waals surface area (Å²) in [5.41, 5.74) is -4.86. The van der Waals surface area contributed by atoms with Crippen LogP contribution in [0.4, 0.5) is 43.9 Å². The summed E-state index contributed by atoms with van der Waals surface area (Å²) in [6, 6.07) is 0. The Bertz CT molecular complexity index is 519. The van der Waals surface area contributed by atoms with Gasteiger partial charge in [0.05, 0.1) is 6.10 Å². The first kappa shape index (κ1) is 24.2. The van der Waals surface area contributed by atoms with Gasteiger partial charge in [0, 0.05) is 5.41 Å². The number of rotatable bonds is 4. The van der Waals surface area contributed by atoms with Crippen molar-refractivity contribution in [3.63, 3.8) is 0 Å². The second-order valence-corrected chi connectivity index (χ2v) is 7.28. The Morgan fingerprint density at radius 1 is 0.778 bits per heavy atom. The number of alkyl halides is 10. The van der Waals surface area contributed by atoms with Crippen LogP contribution in [0.2, 0.25) is 0 Å². The first-order valence-corrected chi connectivity index (χ1v) is 7.48. The van der Waals surface area contributed by atoms with Crippen LogP contribution in [0.3, 0.4) is 0 Å². The van der Waals surface area contributed by atoms with Crippen LogP contribution in [-0.2, 0) is 14.2 Å². The van der Waals surface area contributed by atoms with Crippen LogP contribution in [0, 0.1) is 5.41 Å². The molecule has 1 rings (SSSR count). The predicted octanol–water partition coefficient (Wildman–Crippen LogP) is 5.29. The maximum atomic E-state index is 13.9. The van der Waals surface area contributed by atoms with Crippen molar-refractivity contribution >= 4 is 0 Å². The van der Waals surface area contributed by atoms with Crippen LogP contribution >= 0.6 is 0 Å². The van der Waals surface area contributed by atoms with Crippen molar-refractivity contribution in [1.29, 1.82) is 0 Å². The molecule has 0 spiro atoms. The molecule has 0 saturated carbocycles. The Kier molecular flexibility index (Phi) is 5.93. The van der Waals surface area contributed by atoms with E-state index in [1.165, 1.54) is 0 Å². The Balaban J connectivity index is 3.58. The highest BCUT2D eigenvalue weighted by Gasteiger charge is 2.81. The SMILES string of the molecule is CC(F)C(C)(C)C1OC(C(F)(F)F)(C(F)(F)F)OC1C(C)(C)OC(F)(F)F. The standard InChI is InChI=1S/C14H18F10O3/c1-6(15)9(2,3)7-8(10(4,5)27-14(22,23)24)26-11(25-7,12(16,17)18)13(19,20)21/h6-8H,1-5H3. The van der Waals surface area contributed by atoms with Crippen LogP contribution in [0.5, 0.6) is 0 Å². The highest BCUT2D eigenvalue weighted by atomic mass is 19.4. The molecule has 0 bridgehead atoms. The zero-order valence-corrected chi connectivity index (χ0v) is 14.7. The summed E-state index contributed by atoms with van der Waals surface area (Å²) in [5.74, 6) is -5.23. The maximum Gasteiger partial charge on any atom is 0.523 e. The van der Waals surface area contributed by atoms with Gasteiger partial charge < -0.3 is 9.47 Å². The minimum atomic E-state index is -6.21. The Morgan fingerprint density at radius 2 is 1.15 bits per heavy atom. The first-order chi connectivity index (χ1) is 11.6. The van der Waals surface area contributed by atoms with Crippen molar-refractivity contribution in [2.75, 3.05) is 0 Å². The molecule has 0 aliphatic carbocycles. The summed E-state index contributed by atoms with van der Waals surface area (Å²) in [5, 5.41) is 0. The second kappa shape index (κ2) is 6.61. The van der Waals surface area contributed by atoms with Gasteiger partial charge in [-0.3, -0.25) is 4.74 Å². The third-order valence-corrected chi connectivity index (χ3v) is 4.43. The van der Waals surface area contributed by atoms with Gasteiger partial charge in [-0.05, 0) is 20.8 Å². The normalized spacial score (nSPS) is 26.3. The largest absolute Gasteiger partial charge is 0.523 e. The molecule has 27 heavy (non-hydrogen) atoms. The molecule has 0 aromatic rings. The van der Waals surface area contributed by atoms with Crippen LogP contribution < -0.4 is 0 Å². The Hall–Kier alpha value is -0.820. The molecule has 1 fully saturated rings. The highest BCUT2D eigenvalue weighted by Crippen LogP contribution is 2.56. The molecule has 3 atom stereocenters. The zero-order chi connectivity index (χ0) is 21.9. The van der Waals surface area contributed by atoms with Crippen LogP contribution in [0.15, 0.2) is 0 Å². The lowest BCUT2D eigenvalue weighted by Gasteiger charge is -2.40. The van der Waals surface area contributed by atoms with Crippen molar-refractivity contribution < 1.29 is 58.1 Å². The van der Waals surface area contributed by atoms with Gasteiger partial charge in [-0.25, -0.2) is 4.39 Å². The molecular formula is C14H18F10O3. The van der Waals surface area contributed by atoms with Gasteiger partial charge in [0.25, 0.3) is 0 Å². The fraction of sp³-hybridized carbons (Fsp3) is 1.00. The summed E-state index contributed by atoms with van der Waals surface area (Å²) in [7, 11) is 0. The van der Waals surface area contributed by atoms with Crippen molar-refractivity contribution in [1.82, 2.24) is 0 Å². The molecule has 0 radical (unpaired) electrons. The maximum absolute atomic E-state index is 13.9. The molecule has 1 aliphatic heterocycles. The average Bonchev–Trinajstić information content (AvgIpc) is 2.77. The minimum Gasteiger partial charge on any atom is -0.329 e. The van der Waals surface area contributed by atoms with Gasteiger partial charge in [-0.15, -0.1) is 13.2 Å². The van der Waals surface area contributed by atoms with Gasteiger partial charge in [-0.1, -0.05) is 13.8 Å². The van der Waals surface area contributed by atoms with E-state index in [1.54, 1.807) is 0 Å². The fourth-order valence-corrected chi connectivity index (χ4v) is 2.57.